The minimum absolute atomic E-state index is 0.0197. The molecule has 0 spiro atoms. The lowest BCUT2D eigenvalue weighted by atomic mass is 9.88. The molecule has 0 heterocycles. The van der Waals surface area contributed by atoms with Crippen LogP contribution in [0.1, 0.15) is 41.7 Å². The Hall–Kier alpha value is -2.61. The van der Waals surface area contributed by atoms with Crippen LogP contribution in [0.4, 0.5) is 0 Å². The number of ether oxygens (including phenoxy) is 2. The van der Waals surface area contributed by atoms with E-state index in [1.165, 1.54) is 17.2 Å². The smallest absolute Gasteiger partial charge is 0.344 e. The molecule has 7 heteroatoms. The second-order valence-corrected chi connectivity index (χ2v) is 7.43. The fourth-order valence-electron chi connectivity index (χ4n) is 3.68. The highest BCUT2D eigenvalue weighted by atomic mass is 16.6. The fourth-order valence-corrected chi connectivity index (χ4v) is 3.68. The monoisotopic (exact) mass is 415 g/mol. The normalized spacial score (nSPS) is 16.6. The van der Waals surface area contributed by atoms with E-state index in [0.29, 0.717) is 30.0 Å². The molecule has 0 aliphatic heterocycles. The molecule has 0 saturated carbocycles. The lowest BCUT2D eigenvalue weighted by Crippen LogP contribution is -2.37. The van der Waals surface area contributed by atoms with Gasteiger partial charge in [0.1, 0.15) is 11.5 Å². The largest absolute Gasteiger partial charge is 0.508 e. The van der Waals surface area contributed by atoms with E-state index in [2.05, 4.69) is 5.32 Å². The molecule has 0 radical (unpaired) electrons. The van der Waals surface area contributed by atoms with Crippen molar-refractivity contribution in [3.05, 3.63) is 58.7 Å². The molecule has 0 aromatic heterocycles. The van der Waals surface area contributed by atoms with E-state index in [9.17, 15) is 20.1 Å². The number of esters is 1. The lowest BCUT2D eigenvalue weighted by molar-refractivity contribution is -0.145. The Morgan fingerprint density at radius 3 is 2.83 bits per heavy atom. The molecule has 2 atom stereocenters. The number of hydrogen-bond donors (Lipinski definition) is 4. The quantitative estimate of drug-likeness (QED) is 0.464. The Bertz CT molecular complexity index is 869. The standard InChI is InChI=1S/C23H29NO6/c1-2-29-23(28)14-30-20-7-4-15-3-6-19(10-17(15)11-20)24-12-22(27)16-5-8-21(26)18(9-16)13-25/h4-5,7-9,11,19,22,24-27H,2-3,6,10,12-14H2,1H3/t19-,22+/m0/s1. The molecular weight excluding hydrogens is 386 g/mol. The molecule has 7 nitrogen and oxygen atoms in total. The molecule has 0 bridgehead atoms. The zero-order valence-electron chi connectivity index (χ0n) is 17.1. The predicted octanol–water partition coefficient (Wildman–Crippen LogP) is 2.01. The van der Waals surface area contributed by atoms with Gasteiger partial charge in [-0.2, -0.15) is 0 Å². The highest BCUT2D eigenvalue weighted by molar-refractivity contribution is 5.71. The third-order valence-electron chi connectivity index (χ3n) is 5.33. The Kier molecular flexibility index (Phi) is 7.68. The average molecular weight is 415 g/mol. The van der Waals surface area contributed by atoms with Crippen molar-refractivity contribution in [3.63, 3.8) is 0 Å². The molecule has 1 aliphatic carbocycles. The van der Waals surface area contributed by atoms with Gasteiger partial charge in [0.05, 0.1) is 19.3 Å². The summed E-state index contributed by atoms with van der Waals surface area (Å²) in [4.78, 5) is 11.5. The zero-order chi connectivity index (χ0) is 21.5. The molecule has 162 valence electrons. The molecule has 0 unspecified atom stereocenters. The minimum atomic E-state index is -0.739. The van der Waals surface area contributed by atoms with Crippen LogP contribution in [0.15, 0.2) is 36.4 Å². The van der Waals surface area contributed by atoms with Crippen LogP contribution < -0.4 is 10.1 Å². The average Bonchev–Trinajstić information content (AvgIpc) is 2.76. The number of carbonyl (C=O) groups is 1. The molecule has 4 N–H and O–H groups in total. The van der Waals surface area contributed by atoms with Crippen LogP contribution in [0.25, 0.3) is 0 Å². The van der Waals surface area contributed by atoms with Gasteiger partial charge in [-0.15, -0.1) is 0 Å². The van der Waals surface area contributed by atoms with Crippen LogP contribution in [0.3, 0.4) is 0 Å². The maximum Gasteiger partial charge on any atom is 0.344 e. The number of aliphatic hydroxyl groups is 2. The molecule has 2 aromatic carbocycles. The summed E-state index contributed by atoms with van der Waals surface area (Å²) in [6, 6.07) is 10.8. The number of fused-ring (bicyclic) bond motifs is 1. The Morgan fingerprint density at radius 1 is 1.23 bits per heavy atom. The summed E-state index contributed by atoms with van der Waals surface area (Å²) in [5.41, 5.74) is 3.48. The number of aromatic hydroxyl groups is 1. The van der Waals surface area contributed by atoms with Crippen LogP contribution in [0.2, 0.25) is 0 Å². The summed E-state index contributed by atoms with van der Waals surface area (Å²) in [6.45, 7) is 2.07. The third kappa shape index (κ3) is 5.72. The van der Waals surface area contributed by atoms with Crippen LogP contribution in [0, 0.1) is 0 Å². The number of phenols is 1. The van der Waals surface area contributed by atoms with E-state index >= 15 is 0 Å². The highest BCUT2D eigenvalue weighted by Crippen LogP contribution is 2.27. The highest BCUT2D eigenvalue weighted by Gasteiger charge is 2.20. The molecule has 1 aliphatic rings. The van der Waals surface area contributed by atoms with Crippen molar-refractivity contribution in [2.75, 3.05) is 19.8 Å². The van der Waals surface area contributed by atoms with Crippen LogP contribution >= 0.6 is 0 Å². The Balaban J connectivity index is 1.55. The summed E-state index contributed by atoms with van der Waals surface area (Å²) >= 11 is 0. The first-order valence-corrected chi connectivity index (χ1v) is 10.2. The Labute approximate surface area is 176 Å². The van der Waals surface area contributed by atoms with E-state index in [-0.39, 0.29) is 31.0 Å². The van der Waals surface area contributed by atoms with Gasteiger partial charge in [0, 0.05) is 18.2 Å². The van der Waals surface area contributed by atoms with Gasteiger partial charge in [-0.05, 0) is 67.1 Å². The van der Waals surface area contributed by atoms with Crippen molar-refractivity contribution in [1.29, 1.82) is 0 Å². The predicted molar refractivity (Wildman–Crippen MR) is 111 cm³/mol. The second kappa shape index (κ2) is 10.4. The number of aryl methyl sites for hydroxylation is 1. The molecule has 0 fully saturated rings. The first-order chi connectivity index (χ1) is 14.5. The molecule has 0 amide bonds. The minimum Gasteiger partial charge on any atom is -0.508 e. The van der Waals surface area contributed by atoms with Gasteiger partial charge >= 0.3 is 5.97 Å². The fraction of sp³-hybridized carbons (Fsp3) is 0.435. The van der Waals surface area contributed by atoms with Gasteiger partial charge in [0.25, 0.3) is 0 Å². The summed E-state index contributed by atoms with van der Waals surface area (Å²) in [7, 11) is 0. The molecule has 30 heavy (non-hydrogen) atoms. The van der Waals surface area contributed by atoms with E-state index in [0.717, 1.165) is 19.3 Å². The van der Waals surface area contributed by atoms with E-state index in [1.54, 1.807) is 19.1 Å². The van der Waals surface area contributed by atoms with Gasteiger partial charge in [0.15, 0.2) is 6.61 Å². The number of benzene rings is 2. The van der Waals surface area contributed by atoms with E-state index in [1.807, 2.05) is 18.2 Å². The number of carbonyl (C=O) groups excluding carboxylic acids is 1. The number of rotatable bonds is 9. The maximum absolute atomic E-state index is 11.5. The topological polar surface area (TPSA) is 108 Å². The summed E-state index contributed by atoms with van der Waals surface area (Å²) in [5, 5.41) is 32.8. The first-order valence-electron chi connectivity index (χ1n) is 10.2. The molecular formula is C23H29NO6. The van der Waals surface area contributed by atoms with Gasteiger partial charge in [-0.1, -0.05) is 12.1 Å². The Morgan fingerprint density at radius 2 is 2.07 bits per heavy atom. The molecule has 3 rings (SSSR count). The van der Waals surface area contributed by atoms with Crippen molar-refractivity contribution in [3.8, 4) is 11.5 Å². The lowest BCUT2D eigenvalue weighted by Gasteiger charge is -2.27. The SMILES string of the molecule is CCOC(=O)COc1ccc2c(c1)C[C@@H](NC[C@@H](O)c1ccc(O)c(CO)c1)CC2. The number of aliphatic hydroxyl groups excluding tert-OH is 2. The molecule has 2 aromatic rings. The van der Waals surface area contributed by atoms with Gasteiger partial charge < -0.3 is 30.1 Å². The van der Waals surface area contributed by atoms with Crippen LogP contribution in [-0.2, 0) is 29.0 Å². The zero-order valence-corrected chi connectivity index (χ0v) is 17.1. The second-order valence-electron chi connectivity index (χ2n) is 7.43. The summed E-state index contributed by atoms with van der Waals surface area (Å²) < 4.78 is 10.4. The van der Waals surface area contributed by atoms with Crippen molar-refractivity contribution < 1.29 is 29.6 Å². The summed E-state index contributed by atoms with van der Waals surface area (Å²) in [5.74, 6) is 0.275. The number of hydrogen-bond acceptors (Lipinski definition) is 7. The van der Waals surface area contributed by atoms with Gasteiger partial charge in [0.2, 0.25) is 0 Å². The maximum atomic E-state index is 11.5. The van der Waals surface area contributed by atoms with Crippen LogP contribution in [-0.4, -0.2) is 47.1 Å². The molecule has 0 saturated heterocycles. The van der Waals surface area contributed by atoms with Crippen molar-refractivity contribution in [1.82, 2.24) is 5.32 Å². The summed E-state index contributed by atoms with van der Waals surface area (Å²) in [6.07, 6.45) is 1.95. The van der Waals surface area contributed by atoms with E-state index in [4.69, 9.17) is 9.47 Å². The van der Waals surface area contributed by atoms with Crippen molar-refractivity contribution in [2.45, 2.75) is 44.9 Å². The third-order valence-corrected chi connectivity index (χ3v) is 5.33. The van der Waals surface area contributed by atoms with Crippen molar-refractivity contribution in [2.24, 2.45) is 0 Å². The van der Waals surface area contributed by atoms with E-state index < -0.39 is 6.10 Å². The van der Waals surface area contributed by atoms with Gasteiger partial charge in [-0.25, -0.2) is 4.79 Å². The van der Waals surface area contributed by atoms with Crippen molar-refractivity contribution >= 4 is 5.97 Å². The van der Waals surface area contributed by atoms with Crippen LogP contribution in [0.5, 0.6) is 11.5 Å². The van der Waals surface area contributed by atoms with Gasteiger partial charge in [-0.3, -0.25) is 0 Å². The number of nitrogens with one attached hydrogen (secondary N) is 1. The first kappa shape index (κ1) is 22.1.